The van der Waals surface area contributed by atoms with E-state index in [2.05, 4.69) is 57.2 Å². The molecule has 0 heterocycles. The van der Waals surface area contributed by atoms with Gasteiger partial charge < -0.3 is 44.2 Å². The van der Waals surface area contributed by atoms with Crippen LogP contribution in [0, 0.1) is 21.6 Å². The zero-order valence-electron chi connectivity index (χ0n) is 51.1. The van der Waals surface area contributed by atoms with E-state index in [9.17, 15) is 0 Å². The monoisotopic (exact) mass is 1200 g/mol. The number of guanidine groups is 8. The fraction of sp³-hybridized carbons (Fsp3) is 0.200. The first-order valence-corrected chi connectivity index (χ1v) is 30.3. The number of nitrogens with two attached hydrogens (primary N) is 4. The average molecular weight is 1200 g/mol. The lowest BCUT2D eigenvalue weighted by Crippen LogP contribution is -2.54. The molecule has 0 spiro atoms. The Kier molecular flexibility index (Phi) is 24.1. The molecule has 0 saturated heterocycles. The third-order valence-corrected chi connectivity index (χ3v) is 14.4. The second-order valence-corrected chi connectivity index (χ2v) is 21.1. The van der Waals surface area contributed by atoms with Crippen molar-refractivity contribution in [2.45, 2.75) is 77.3 Å². The molecule has 2 unspecified atom stereocenters. The minimum Gasteiger partial charge on any atom is -0.368 e. The van der Waals surface area contributed by atoms with E-state index >= 15 is 0 Å². The van der Waals surface area contributed by atoms with Gasteiger partial charge in [-0.25, -0.2) is 0 Å². The normalized spacial score (nSPS) is 12.4. The number of para-hydroxylation sites is 8. The molecular weight excluding hydrogens is 1120 g/mol. The van der Waals surface area contributed by atoms with Gasteiger partial charge >= 0.3 is 0 Å². The number of nitrogens with zero attached hydrogens (tertiary/aromatic N) is 8. The van der Waals surface area contributed by atoms with E-state index in [0.717, 1.165) is 95.2 Å². The fourth-order valence-corrected chi connectivity index (χ4v) is 10.4. The Bertz CT molecular complexity index is 3370. The molecule has 20 nitrogen and oxygen atoms in total. The molecule has 8 rings (SSSR count). The van der Waals surface area contributed by atoms with E-state index in [1.807, 2.05) is 238 Å². The third-order valence-electron chi connectivity index (χ3n) is 14.4. The quantitative estimate of drug-likeness (QED) is 0.0210. The van der Waals surface area contributed by atoms with Crippen molar-refractivity contribution < 1.29 is 0 Å². The van der Waals surface area contributed by atoms with Crippen LogP contribution in [0.2, 0.25) is 0 Å². The molecule has 0 fully saturated rings. The zero-order chi connectivity index (χ0) is 63.5. The summed E-state index contributed by atoms with van der Waals surface area (Å²) in [4.78, 5) is 26.7. The Balaban J connectivity index is 1.30. The van der Waals surface area contributed by atoms with Gasteiger partial charge in [-0.05, 0) is 135 Å². The molecule has 0 aliphatic heterocycles. The number of aryl methyl sites for hydroxylation is 2. The molecule has 0 aromatic heterocycles. The number of unbranched alkanes of at least 4 members (excludes halogenated alkanes) is 2. The number of hydrogen-bond donors (Lipinski definition) is 12. The van der Waals surface area contributed by atoms with Crippen LogP contribution in [0.1, 0.15) is 63.5 Å². The maximum Gasteiger partial charge on any atom is 0.215 e. The number of aliphatic imine (C=N–C) groups is 4. The van der Waals surface area contributed by atoms with Crippen LogP contribution in [-0.4, -0.2) is 72.8 Å². The molecule has 0 aliphatic rings. The zero-order valence-corrected chi connectivity index (χ0v) is 51.1. The van der Waals surface area contributed by atoms with Gasteiger partial charge in [-0.15, -0.1) is 0 Å². The lowest BCUT2D eigenvalue weighted by Gasteiger charge is -2.34. The molecular formula is C70H82N20. The second kappa shape index (κ2) is 33.6. The summed E-state index contributed by atoms with van der Waals surface area (Å²) in [5, 5.41) is 49.7. The first kappa shape index (κ1) is 64.7. The summed E-state index contributed by atoms with van der Waals surface area (Å²) >= 11 is 0. The number of hydrogen-bond acceptors (Lipinski definition) is 4. The number of anilines is 8. The van der Waals surface area contributed by atoms with Gasteiger partial charge in [0.25, 0.3) is 0 Å². The lowest BCUT2D eigenvalue weighted by molar-refractivity contribution is 0.459. The highest BCUT2D eigenvalue weighted by Crippen LogP contribution is 2.33. The lowest BCUT2D eigenvalue weighted by atomic mass is 10.0. The molecule has 0 saturated carbocycles. The van der Waals surface area contributed by atoms with Crippen LogP contribution in [0.4, 0.5) is 45.5 Å². The molecule has 90 heavy (non-hydrogen) atoms. The van der Waals surface area contributed by atoms with Gasteiger partial charge in [0.2, 0.25) is 47.7 Å². The minimum absolute atomic E-state index is 0.127. The highest BCUT2D eigenvalue weighted by molar-refractivity contribution is 6.11. The van der Waals surface area contributed by atoms with E-state index in [0.29, 0.717) is 12.8 Å². The SMILES string of the molecule is CCCCc1ccccc1N(C(=NC(=N)N)NC(CCC(CNC(=NC(=N)N)N(c1ccccc1)c1ccccc1)NC(=NC(=N)N)N(c1ccccc1)c1ccccc1CCCC)CNC(=NC(=N)N)N(c1ccccc1)c1ccccc1)c1ccccc1. The van der Waals surface area contributed by atoms with Gasteiger partial charge in [0.1, 0.15) is 0 Å². The van der Waals surface area contributed by atoms with Crippen molar-refractivity contribution in [1.29, 1.82) is 21.6 Å². The molecule has 0 amide bonds. The predicted molar refractivity (Wildman–Crippen MR) is 374 cm³/mol. The van der Waals surface area contributed by atoms with Gasteiger partial charge in [-0.3, -0.25) is 41.2 Å². The van der Waals surface area contributed by atoms with E-state index in [4.69, 9.17) is 54.6 Å². The maximum absolute atomic E-state index is 8.83. The van der Waals surface area contributed by atoms with Crippen molar-refractivity contribution >= 4 is 93.2 Å². The van der Waals surface area contributed by atoms with Crippen molar-refractivity contribution in [3.63, 3.8) is 0 Å². The number of rotatable bonds is 23. The van der Waals surface area contributed by atoms with Gasteiger partial charge in [0.15, 0.2) is 0 Å². The molecule has 8 aromatic rings. The Labute approximate surface area is 528 Å². The molecule has 8 aromatic carbocycles. The number of nitrogens with one attached hydrogen (secondary N) is 8. The minimum atomic E-state index is -0.615. The molecule has 462 valence electrons. The van der Waals surface area contributed by atoms with Crippen molar-refractivity contribution in [2.24, 2.45) is 42.9 Å². The summed E-state index contributed by atoms with van der Waals surface area (Å²) in [6.07, 6.45) is 6.05. The summed E-state index contributed by atoms with van der Waals surface area (Å²) < 4.78 is 0. The van der Waals surface area contributed by atoms with Crippen LogP contribution in [0.25, 0.3) is 0 Å². The smallest absolute Gasteiger partial charge is 0.215 e. The molecule has 2 atom stereocenters. The molecule has 0 aliphatic carbocycles. The molecule has 16 N–H and O–H groups in total. The highest BCUT2D eigenvalue weighted by Gasteiger charge is 2.29. The topological polar surface area (TPSA) is 310 Å². The maximum atomic E-state index is 8.83. The van der Waals surface area contributed by atoms with E-state index in [1.165, 1.54) is 0 Å². The Hall–Kier alpha value is -11.3. The van der Waals surface area contributed by atoms with Crippen molar-refractivity contribution in [3.05, 3.63) is 242 Å². The van der Waals surface area contributed by atoms with Gasteiger partial charge in [0, 0.05) is 59.3 Å². The Morgan fingerprint density at radius 2 is 0.589 bits per heavy atom. The standard InChI is InChI=1S/C70H82N20/c1-3-5-29-51-31-25-27-45-61(51)89(59-41-21-11-22-42-59)69(85-65(75)76)81-53(49-79-67(83-63(71)72)87(55-33-13-7-14-34-55)56-35-15-8-16-36-56)47-48-54(50-80-68(84-64(73)74)88(57-37-17-9-18-38-57)58-39-19-10-20-40-58)82-70(86-66(77)78)90(60-43-23-12-24-44-60)62-46-28-26-32-52(62)30-6-4-2/h7-28,31-46,53-54H,3-6,29-30,47-50H2,1-2H3,(H4,71,72,79,83)(H4,73,74,80,84)(H4,75,76,81,85)(H4,77,78,82,86). The van der Waals surface area contributed by atoms with Crippen molar-refractivity contribution in [2.75, 3.05) is 32.7 Å². The summed E-state index contributed by atoms with van der Waals surface area (Å²) in [5.74, 6) is -0.630. The van der Waals surface area contributed by atoms with Crippen LogP contribution in [0.5, 0.6) is 0 Å². The number of benzene rings is 8. The first-order chi connectivity index (χ1) is 43.9. The van der Waals surface area contributed by atoms with Crippen LogP contribution >= 0.6 is 0 Å². The largest absolute Gasteiger partial charge is 0.368 e. The Morgan fingerprint density at radius 1 is 0.344 bits per heavy atom. The summed E-state index contributed by atoms with van der Waals surface area (Å²) in [6.45, 7) is 4.58. The molecule has 0 radical (unpaired) electrons. The fourth-order valence-electron chi connectivity index (χ4n) is 10.4. The summed E-state index contributed by atoms with van der Waals surface area (Å²) in [6, 6.07) is 73.6. The van der Waals surface area contributed by atoms with Gasteiger partial charge in [-0.1, -0.05) is 172 Å². The Morgan fingerprint density at radius 3 is 0.856 bits per heavy atom. The van der Waals surface area contributed by atoms with Gasteiger partial charge in [-0.2, -0.15) is 20.0 Å². The average Bonchev–Trinajstić information content (AvgIpc) is 2.19. The molecule has 0 bridgehead atoms. The second-order valence-electron chi connectivity index (χ2n) is 21.1. The van der Waals surface area contributed by atoms with E-state index in [-0.39, 0.29) is 36.9 Å². The van der Waals surface area contributed by atoms with Crippen molar-refractivity contribution in [3.8, 4) is 0 Å². The summed E-state index contributed by atoms with van der Waals surface area (Å²) in [5.41, 5.74) is 33.6. The first-order valence-electron chi connectivity index (χ1n) is 30.3. The predicted octanol–water partition coefficient (Wildman–Crippen LogP) is 11.9. The highest BCUT2D eigenvalue weighted by atomic mass is 15.4. The van der Waals surface area contributed by atoms with Crippen LogP contribution in [0.15, 0.2) is 250 Å². The van der Waals surface area contributed by atoms with Gasteiger partial charge in [0.05, 0.1) is 11.4 Å². The van der Waals surface area contributed by atoms with E-state index in [1.54, 1.807) is 0 Å². The third kappa shape index (κ3) is 18.6. The van der Waals surface area contributed by atoms with Crippen molar-refractivity contribution in [1.82, 2.24) is 21.3 Å². The van der Waals surface area contributed by atoms with Crippen LogP contribution < -0.4 is 63.8 Å². The van der Waals surface area contributed by atoms with Crippen LogP contribution in [0.3, 0.4) is 0 Å². The summed E-state index contributed by atoms with van der Waals surface area (Å²) in [7, 11) is 0. The van der Waals surface area contributed by atoms with E-state index < -0.39 is 35.9 Å². The molecule has 20 heteroatoms. The van der Waals surface area contributed by atoms with Crippen LogP contribution in [-0.2, 0) is 12.8 Å².